The van der Waals surface area contributed by atoms with Crippen LogP contribution in [-0.2, 0) is 0 Å². The molecule has 0 aliphatic rings. The molecule has 0 fully saturated rings. The summed E-state index contributed by atoms with van der Waals surface area (Å²) in [5, 5.41) is 12.3. The van der Waals surface area contributed by atoms with Crippen molar-refractivity contribution in [2.45, 2.75) is 0 Å². The molecule has 0 bridgehead atoms. The zero-order valence-corrected chi connectivity index (χ0v) is 11.5. The van der Waals surface area contributed by atoms with Gasteiger partial charge in [0, 0.05) is 4.47 Å². The van der Waals surface area contributed by atoms with Crippen molar-refractivity contribution in [1.82, 2.24) is 4.98 Å². The van der Waals surface area contributed by atoms with Gasteiger partial charge in [-0.25, -0.2) is 4.98 Å². The second-order valence-electron chi connectivity index (χ2n) is 3.53. The van der Waals surface area contributed by atoms with Crippen LogP contribution in [0, 0.1) is 11.3 Å². The number of anilines is 3. The molecule has 18 heavy (non-hydrogen) atoms. The summed E-state index contributed by atoms with van der Waals surface area (Å²) in [6.45, 7) is 0. The summed E-state index contributed by atoms with van der Waals surface area (Å²) < 4.78 is 0.760. The van der Waals surface area contributed by atoms with E-state index in [9.17, 15) is 0 Å². The van der Waals surface area contributed by atoms with Gasteiger partial charge in [-0.3, -0.25) is 0 Å². The Bertz CT molecular complexity index is 636. The lowest BCUT2D eigenvalue weighted by Gasteiger charge is -2.09. The smallest absolute Gasteiger partial charge is 0.149 e. The summed E-state index contributed by atoms with van der Waals surface area (Å²) in [5.74, 6) is 0.510. The number of benzene rings is 1. The first kappa shape index (κ1) is 12.7. The predicted octanol–water partition coefficient (Wildman–Crippen LogP) is 3.69. The zero-order chi connectivity index (χ0) is 13.1. The first-order chi connectivity index (χ1) is 8.60. The average molecular weight is 324 g/mol. The molecular weight excluding hydrogens is 316 g/mol. The molecule has 2 aromatic rings. The van der Waals surface area contributed by atoms with Gasteiger partial charge in [0.15, 0.2) is 0 Å². The number of aromatic nitrogens is 1. The summed E-state index contributed by atoms with van der Waals surface area (Å²) in [7, 11) is 0. The minimum Gasteiger partial charge on any atom is -0.397 e. The second-order valence-corrected chi connectivity index (χ2v) is 4.79. The third-order valence-electron chi connectivity index (χ3n) is 2.21. The van der Waals surface area contributed by atoms with Crippen LogP contribution >= 0.6 is 27.5 Å². The van der Waals surface area contributed by atoms with E-state index in [1.165, 1.54) is 6.20 Å². The molecule has 0 atom stereocenters. The highest BCUT2D eigenvalue weighted by Gasteiger charge is 2.06. The SMILES string of the molecule is N#Cc1ccc(Nc2ncc(N)cc2Cl)c(Br)c1. The number of nitrogen functional groups attached to an aromatic ring is 1. The van der Waals surface area contributed by atoms with Crippen molar-refractivity contribution in [3.05, 3.63) is 45.5 Å². The van der Waals surface area contributed by atoms with Crippen molar-refractivity contribution in [3.8, 4) is 6.07 Å². The Morgan fingerprint density at radius 2 is 2.17 bits per heavy atom. The molecule has 1 aromatic carbocycles. The Balaban J connectivity index is 2.32. The number of hydrogen-bond acceptors (Lipinski definition) is 4. The number of hydrogen-bond donors (Lipinski definition) is 2. The molecule has 2 rings (SSSR count). The number of nitrogens with zero attached hydrogens (tertiary/aromatic N) is 2. The zero-order valence-electron chi connectivity index (χ0n) is 9.11. The molecule has 6 heteroatoms. The van der Waals surface area contributed by atoms with Gasteiger partial charge in [-0.2, -0.15) is 5.26 Å². The molecule has 3 N–H and O–H groups in total. The first-order valence-electron chi connectivity index (χ1n) is 4.98. The lowest BCUT2D eigenvalue weighted by atomic mass is 10.2. The fourth-order valence-corrected chi connectivity index (χ4v) is 2.06. The maximum absolute atomic E-state index is 8.78. The van der Waals surface area contributed by atoms with Gasteiger partial charge in [0.1, 0.15) is 5.82 Å². The molecule has 90 valence electrons. The molecule has 1 heterocycles. The van der Waals surface area contributed by atoms with Crippen LogP contribution in [0.2, 0.25) is 5.02 Å². The average Bonchev–Trinajstić information content (AvgIpc) is 2.34. The van der Waals surface area contributed by atoms with E-state index in [0.29, 0.717) is 22.1 Å². The molecule has 4 nitrogen and oxygen atoms in total. The molecule has 0 aliphatic heterocycles. The number of nitriles is 1. The quantitative estimate of drug-likeness (QED) is 0.883. The Labute approximate surface area is 118 Å². The minimum absolute atomic E-state index is 0.436. The Morgan fingerprint density at radius 1 is 1.39 bits per heavy atom. The number of nitrogens with one attached hydrogen (secondary N) is 1. The van der Waals surface area contributed by atoms with Gasteiger partial charge in [0.05, 0.1) is 34.2 Å². The maximum atomic E-state index is 8.78. The van der Waals surface area contributed by atoms with E-state index in [2.05, 4.69) is 32.3 Å². The largest absolute Gasteiger partial charge is 0.397 e. The normalized spacial score (nSPS) is 9.83. The van der Waals surface area contributed by atoms with Gasteiger partial charge in [0.2, 0.25) is 0 Å². The van der Waals surface area contributed by atoms with E-state index in [4.69, 9.17) is 22.6 Å². The molecular formula is C12H8BrClN4. The molecule has 0 saturated carbocycles. The van der Waals surface area contributed by atoms with E-state index >= 15 is 0 Å². The van der Waals surface area contributed by atoms with Crippen LogP contribution in [0.4, 0.5) is 17.2 Å². The van der Waals surface area contributed by atoms with Gasteiger partial charge >= 0.3 is 0 Å². The van der Waals surface area contributed by atoms with Crippen molar-refractivity contribution in [2.75, 3.05) is 11.1 Å². The van der Waals surface area contributed by atoms with Gasteiger partial charge < -0.3 is 11.1 Å². The summed E-state index contributed by atoms with van der Waals surface area (Å²) in [4.78, 5) is 4.10. The summed E-state index contributed by atoms with van der Waals surface area (Å²) in [5.41, 5.74) is 7.42. The van der Waals surface area contributed by atoms with Gasteiger partial charge in [0.25, 0.3) is 0 Å². The van der Waals surface area contributed by atoms with Crippen LogP contribution in [0.15, 0.2) is 34.9 Å². The van der Waals surface area contributed by atoms with E-state index < -0.39 is 0 Å². The van der Waals surface area contributed by atoms with Crippen LogP contribution in [0.1, 0.15) is 5.56 Å². The van der Waals surface area contributed by atoms with Crippen molar-refractivity contribution in [1.29, 1.82) is 5.26 Å². The monoisotopic (exact) mass is 322 g/mol. The molecule has 0 spiro atoms. The number of rotatable bonds is 2. The Morgan fingerprint density at radius 3 is 2.78 bits per heavy atom. The lowest BCUT2D eigenvalue weighted by Crippen LogP contribution is -1.97. The summed E-state index contributed by atoms with van der Waals surface area (Å²) >= 11 is 9.39. The van der Waals surface area contributed by atoms with Crippen LogP contribution < -0.4 is 11.1 Å². The van der Waals surface area contributed by atoms with E-state index in [1.807, 2.05) is 0 Å². The summed E-state index contributed by atoms with van der Waals surface area (Å²) in [6.07, 6.45) is 1.52. The van der Waals surface area contributed by atoms with E-state index in [1.54, 1.807) is 24.3 Å². The fourth-order valence-electron chi connectivity index (χ4n) is 1.36. The number of pyridine rings is 1. The molecule has 0 unspecified atom stereocenters. The second kappa shape index (κ2) is 5.25. The van der Waals surface area contributed by atoms with Gasteiger partial charge in [-0.05, 0) is 40.2 Å². The van der Waals surface area contributed by atoms with Crippen LogP contribution in [0.25, 0.3) is 0 Å². The van der Waals surface area contributed by atoms with Crippen LogP contribution in [0.5, 0.6) is 0 Å². The first-order valence-corrected chi connectivity index (χ1v) is 6.15. The lowest BCUT2D eigenvalue weighted by molar-refractivity contribution is 1.31. The topological polar surface area (TPSA) is 74.7 Å². The molecule has 0 amide bonds. The highest BCUT2D eigenvalue weighted by molar-refractivity contribution is 9.10. The van der Waals surface area contributed by atoms with Gasteiger partial charge in [-0.1, -0.05) is 11.6 Å². The fraction of sp³-hybridized carbons (Fsp3) is 0. The Kier molecular flexibility index (Phi) is 3.70. The number of nitrogens with two attached hydrogens (primary N) is 1. The number of halogens is 2. The highest BCUT2D eigenvalue weighted by Crippen LogP contribution is 2.29. The van der Waals surface area contributed by atoms with Crippen molar-refractivity contribution >= 4 is 44.7 Å². The summed E-state index contributed by atoms with van der Waals surface area (Å²) in [6, 6.07) is 8.88. The van der Waals surface area contributed by atoms with E-state index in [0.717, 1.165) is 10.2 Å². The maximum Gasteiger partial charge on any atom is 0.149 e. The molecule has 0 saturated heterocycles. The molecule has 0 aliphatic carbocycles. The van der Waals surface area contributed by atoms with Crippen LogP contribution in [-0.4, -0.2) is 4.98 Å². The highest BCUT2D eigenvalue weighted by atomic mass is 79.9. The standard InChI is InChI=1S/C12H8BrClN4/c13-9-3-7(5-15)1-2-11(9)18-12-10(14)4-8(16)6-17-12/h1-4,6H,16H2,(H,17,18). The van der Waals surface area contributed by atoms with Crippen molar-refractivity contribution in [3.63, 3.8) is 0 Å². The minimum atomic E-state index is 0.436. The van der Waals surface area contributed by atoms with Crippen molar-refractivity contribution < 1.29 is 0 Å². The van der Waals surface area contributed by atoms with Gasteiger partial charge in [-0.15, -0.1) is 0 Å². The molecule has 0 radical (unpaired) electrons. The Hall–Kier alpha value is -1.77. The van der Waals surface area contributed by atoms with Crippen LogP contribution in [0.3, 0.4) is 0 Å². The van der Waals surface area contributed by atoms with Crippen molar-refractivity contribution in [2.24, 2.45) is 0 Å². The third kappa shape index (κ3) is 2.73. The van der Waals surface area contributed by atoms with E-state index in [-0.39, 0.29) is 0 Å². The molecule has 1 aromatic heterocycles. The predicted molar refractivity (Wildman–Crippen MR) is 75.8 cm³/mol. The third-order valence-corrected chi connectivity index (χ3v) is 3.16.